The van der Waals surface area contributed by atoms with Crippen molar-refractivity contribution in [3.63, 3.8) is 0 Å². The van der Waals surface area contributed by atoms with Gasteiger partial charge in [0.2, 0.25) is 5.91 Å². The Bertz CT molecular complexity index is 1210. The van der Waals surface area contributed by atoms with Gasteiger partial charge in [0.1, 0.15) is 17.0 Å². The van der Waals surface area contributed by atoms with Gasteiger partial charge in [0.15, 0.2) is 0 Å². The molecule has 1 aromatic carbocycles. The Balaban J connectivity index is 1.52. The van der Waals surface area contributed by atoms with E-state index >= 15 is 0 Å². The van der Waals surface area contributed by atoms with Crippen LogP contribution in [0.3, 0.4) is 0 Å². The molecule has 2 aliphatic rings. The van der Waals surface area contributed by atoms with Gasteiger partial charge < -0.3 is 19.5 Å². The summed E-state index contributed by atoms with van der Waals surface area (Å²) < 4.78 is 8.47. The Kier molecular flexibility index (Phi) is 6.15. The van der Waals surface area contributed by atoms with Crippen LogP contribution in [0.1, 0.15) is 66.9 Å². The third-order valence-electron chi connectivity index (χ3n) is 7.44. The monoisotopic (exact) mass is 479 g/mol. The van der Waals surface area contributed by atoms with Gasteiger partial charge in [-0.3, -0.25) is 9.59 Å². The van der Waals surface area contributed by atoms with Crippen molar-refractivity contribution in [1.82, 2.24) is 14.8 Å². The lowest BCUT2D eigenvalue weighted by Gasteiger charge is -2.45. The number of hydrogen-bond donors (Lipinski definition) is 1. The third-order valence-corrected chi connectivity index (χ3v) is 8.66. The minimum atomic E-state index is -0.984. The van der Waals surface area contributed by atoms with Crippen LogP contribution in [0.25, 0.3) is 10.2 Å². The lowest BCUT2D eigenvalue weighted by molar-refractivity contribution is -0.134. The first-order valence-corrected chi connectivity index (χ1v) is 13.1. The van der Waals surface area contributed by atoms with Gasteiger partial charge in [0.05, 0.1) is 23.9 Å². The van der Waals surface area contributed by atoms with Gasteiger partial charge in [-0.15, -0.1) is 11.3 Å². The van der Waals surface area contributed by atoms with E-state index in [0.29, 0.717) is 18.8 Å². The predicted octanol–water partition coefficient (Wildman–Crippen LogP) is 5.14. The van der Waals surface area contributed by atoms with Crippen LogP contribution in [-0.4, -0.2) is 40.0 Å². The quantitative estimate of drug-likeness (QED) is 0.533. The number of thiophene rings is 1. The average Bonchev–Trinajstić information content (AvgIpc) is 3.41. The smallest absolute Gasteiger partial charge is 0.271 e. The van der Waals surface area contributed by atoms with Crippen molar-refractivity contribution in [1.29, 1.82) is 0 Å². The Morgan fingerprint density at radius 1 is 1.18 bits per heavy atom. The second-order valence-electron chi connectivity index (χ2n) is 9.75. The number of aryl methyl sites for hydroxylation is 1. The van der Waals surface area contributed by atoms with E-state index in [0.717, 1.165) is 53.6 Å². The molecule has 2 amide bonds. The summed E-state index contributed by atoms with van der Waals surface area (Å²) in [6.45, 7) is 4.89. The van der Waals surface area contributed by atoms with Gasteiger partial charge in [-0.25, -0.2) is 0 Å². The molecule has 180 valence electrons. The largest absolute Gasteiger partial charge is 0.497 e. The number of rotatable bonds is 6. The Morgan fingerprint density at radius 2 is 1.91 bits per heavy atom. The summed E-state index contributed by atoms with van der Waals surface area (Å²) in [5.41, 5.74) is 1.72. The molecule has 0 radical (unpaired) electrons. The van der Waals surface area contributed by atoms with E-state index in [2.05, 4.69) is 22.9 Å². The van der Waals surface area contributed by atoms with Crippen LogP contribution in [0.15, 0.2) is 36.4 Å². The maximum absolute atomic E-state index is 13.9. The van der Waals surface area contributed by atoms with Crippen LogP contribution in [0.2, 0.25) is 0 Å². The molecule has 1 fully saturated rings. The summed E-state index contributed by atoms with van der Waals surface area (Å²) in [6, 6.07) is 12.1. The fraction of sp³-hybridized carbons (Fsp3) is 0.481. The van der Waals surface area contributed by atoms with Crippen molar-refractivity contribution >= 4 is 33.4 Å². The molecular weight excluding hydrogens is 446 g/mol. The van der Waals surface area contributed by atoms with E-state index in [1.165, 1.54) is 11.3 Å². The molecular formula is C27H33N3O3S. The molecule has 1 N–H and O–H groups in total. The number of fused-ring (bicyclic) bond motifs is 3. The molecule has 0 saturated heterocycles. The molecule has 1 aliphatic carbocycles. The Labute approximate surface area is 204 Å². The number of carbonyl (C=O) groups excluding carboxylic acids is 2. The molecule has 34 heavy (non-hydrogen) atoms. The SMILES string of the molecule is CCc1cc2c(cc3n2C[C@](C)(C(=O)NC2CCCCC2)N(Cc2ccc(OC)cc2)C3=O)s1. The maximum Gasteiger partial charge on any atom is 0.271 e. The number of benzene rings is 1. The molecule has 1 saturated carbocycles. The molecule has 3 heterocycles. The number of nitrogens with one attached hydrogen (secondary N) is 1. The molecule has 1 aliphatic heterocycles. The molecule has 7 heteroatoms. The zero-order valence-electron chi connectivity index (χ0n) is 20.2. The minimum absolute atomic E-state index is 0.0558. The highest BCUT2D eigenvalue weighted by molar-refractivity contribution is 7.19. The van der Waals surface area contributed by atoms with E-state index in [1.54, 1.807) is 23.3 Å². The van der Waals surface area contributed by atoms with Crippen LogP contribution in [0.5, 0.6) is 5.75 Å². The standard InChI is InChI=1S/C27H33N3O3S/c1-4-21-14-22-24(34-21)15-23-25(31)30(16-18-10-12-20(33-3)13-11-18)27(2,17-29(22)23)26(32)28-19-8-6-5-7-9-19/h10-15,19H,4-9,16-17H2,1-3H3,(H,28,32)/t27-/m1/s1. The van der Waals surface area contributed by atoms with Crippen LogP contribution in [0.4, 0.5) is 0 Å². The molecule has 1 atom stereocenters. The number of amides is 2. The number of hydrogen-bond acceptors (Lipinski definition) is 4. The zero-order valence-corrected chi connectivity index (χ0v) is 21.0. The molecule has 0 unspecified atom stereocenters. The van der Waals surface area contributed by atoms with E-state index in [9.17, 15) is 9.59 Å². The number of aromatic nitrogens is 1. The first-order valence-electron chi connectivity index (χ1n) is 12.3. The third kappa shape index (κ3) is 4.00. The summed E-state index contributed by atoms with van der Waals surface area (Å²) in [5.74, 6) is 0.622. The highest BCUT2D eigenvalue weighted by atomic mass is 32.1. The molecule has 0 bridgehead atoms. The minimum Gasteiger partial charge on any atom is -0.497 e. The maximum atomic E-state index is 13.9. The topological polar surface area (TPSA) is 63.6 Å². The van der Waals surface area contributed by atoms with Crippen LogP contribution in [0, 0.1) is 0 Å². The van der Waals surface area contributed by atoms with Gasteiger partial charge in [-0.05, 0) is 56.0 Å². The van der Waals surface area contributed by atoms with Crippen molar-refractivity contribution in [3.05, 3.63) is 52.5 Å². The fourth-order valence-electron chi connectivity index (χ4n) is 5.31. The van der Waals surface area contributed by atoms with E-state index < -0.39 is 5.54 Å². The van der Waals surface area contributed by atoms with Crippen LogP contribution < -0.4 is 10.1 Å². The van der Waals surface area contributed by atoms with Gasteiger partial charge in [0, 0.05) is 17.5 Å². The highest BCUT2D eigenvalue weighted by Gasteiger charge is 2.48. The number of nitrogens with zero attached hydrogens (tertiary/aromatic N) is 2. The number of methoxy groups -OCH3 is 1. The van der Waals surface area contributed by atoms with Gasteiger partial charge in [-0.1, -0.05) is 38.3 Å². The first-order chi connectivity index (χ1) is 16.4. The van der Waals surface area contributed by atoms with Gasteiger partial charge in [0.25, 0.3) is 5.91 Å². The average molecular weight is 480 g/mol. The second kappa shape index (κ2) is 9.10. The second-order valence-corrected chi connectivity index (χ2v) is 10.9. The van der Waals surface area contributed by atoms with Gasteiger partial charge in [-0.2, -0.15) is 0 Å². The van der Waals surface area contributed by atoms with Crippen molar-refractivity contribution < 1.29 is 14.3 Å². The normalized spacial score (nSPS) is 21.0. The molecule has 0 spiro atoms. The zero-order chi connectivity index (χ0) is 23.9. The number of carbonyl (C=O) groups is 2. The highest BCUT2D eigenvalue weighted by Crippen LogP contribution is 2.37. The van der Waals surface area contributed by atoms with Crippen molar-refractivity contribution in [3.8, 4) is 5.75 Å². The van der Waals surface area contributed by atoms with E-state index in [1.807, 2.05) is 37.3 Å². The summed E-state index contributed by atoms with van der Waals surface area (Å²) in [6.07, 6.45) is 6.51. The van der Waals surface area contributed by atoms with E-state index in [-0.39, 0.29) is 17.9 Å². The molecule has 5 rings (SSSR count). The van der Waals surface area contributed by atoms with E-state index in [4.69, 9.17) is 4.74 Å². The lowest BCUT2D eigenvalue weighted by atomic mass is 9.91. The van der Waals surface area contributed by atoms with Crippen LogP contribution >= 0.6 is 11.3 Å². The first kappa shape index (κ1) is 23.0. The lowest BCUT2D eigenvalue weighted by Crippen LogP contribution is -2.64. The summed E-state index contributed by atoms with van der Waals surface area (Å²) >= 11 is 1.73. The predicted molar refractivity (Wildman–Crippen MR) is 135 cm³/mol. The summed E-state index contributed by atoms with van der Waals surface area (Å²) in [7, 11) is 1.64. The Hall–Kier alpha value is -2.80. The molecule has 6 nitrogen and oxygen atoms in total. The molecule has 2 aromatic heterocycles. The summed E-state index contributed by atoms with van der Waals surface area (Å²) in [5, 5.41) is 3.31. The van der Waals surface area contributed by atoms with Crippen molar-refractivity contribution in [2.75, 3.05) is 7.11 Å². The summed E-state index contributed by atoms with van der Waals surface area (Å²) in [4.78, 5) is 30.8. The van der Waals surface area contributed by atoms with Gasteiger partial charge >= 0.3 is 0 Å². The van der Waals surface area contributed by atoms with Crippen LogP contribution in [-0.2, 0) is 24.3 Å². The fourth-order valence-corrected chi connectivity index (χ4v) is 6.35. The van der Waals surface area contributed by atoms with Crippen molar-refractivity contribution in [2.24, 2.45) is 0 Å². The molecule has 3 aromatic rings. The number of ether oxygens (including phenoxy) is 1. The Morgan fingerprint density at radius 3 is 2.59 bits per heavy atom. The van der Waals surface area contributed by atoms with Crippen molar-refractivity contribution in [2.45, 2.75) is 77.0 Å².